The Morgan fingerprint density at radius 2 is 1.67 bits per heavy atom. The van der Waals surface area contributed by atoms with Gasteiger partial charge in [0, 0.05) is 6.42 Å². The van der Waals surface area contributed by atoms with Crippen molar-refractivity contribution >= 4 is 17.0 Å². The summed E-state index contributed by atoms with van der Waals surface area (Å²) >= 11 is -0.826. The first-order chi connectivity index (χ1) is 8.67. The van der Waals surface area contributed by atoms with Gasteiger partial charge >= 0.3 is 37.9 Å². The Morgan fingerprint density at radius 1 is 0.944 bits per heavy atom. The van der Waals surface area contributed by atoms with Crippen LogP contribution >= 0.6 is 17.0 Å². The van der Waals surface area contributed by atoms with Gasteiger partial charge in [-0.1, -0.05) is 42.0 Å². The second kappa shape index (κ2) is 6.37. The van der Waals surface area contributed by atoms with Crippen LogP contribution in [0.1, 0.15) is 22.3 Å². The monoisotopic (exact) mass is 353 g/mol. The van der Waals surface area contributed by atoms with Crippen molar-refractivity contribution in [1.29, 1.82) is 0 Å². The first kappa shape index (κ1) is 14.3. The molecule has 1 aliphatic carbocycles. The zero-order chi connectivity index (χ0) is 13.1. The third-order valence-corrected chi connectivity index (χ3v) is 3.09. The van der Waals surface area contributed by atoms with Crippen molar-refractivity contribution in [2.24, 2.45) is 0 Å². The van der Waals surface area contributed by atoms with Crippen molar-refractivity contribution in [3.8, 4) is 11.1 Å². The van der Waals surface area contributed by atoms with E-state index in [2.05, 4.69) is 56.7 Å². The van der Waals surface area contributed by atoms with E-state index in [4.69, 9.17) is 17.0 Å². The van der Waals surface area contributed by atoms with Crippen LogP contribution in [0.5, 0.6) is 0 Å². The summed E-state index contributed by atoms with van der Waals surface area (Å²) in [5, 5.41) is 0. The summed E-state index contributed by atoms with van der Waals surface area (Å²) in [6.45, 7) is 4.32. The standard InChI is InChI=1S/C15H13.2ClH.Zr/c1-10-6-7-14-13(8-10)9-12-5-3-4-11(2)15(12)14;;;/h3-9H,1-2H3;2*1H;/q;;;+2/p-2. The summed E-state index contributed by atoms with van der Waals surface area (Å²) in [6.07, 6.45) is 2.28. The van der Waals surface area contributed by atoms with E-state index in [-0.39, 0.29) is 0 Å². The molecule has 0 saturated carbocycles. The van der Waals surface area contributed by atoms with Crippen molar-refractivity contribution < 1.29 is 20.8 Å². The summed E-state index contributed by atoms with van der Waals surface area (Å²) < 4.78 is 0. The van der Waals surface area contributed by atoms with Crippen molar-refractivity contribution in [3.05, 3.63) is 65.1 Å². The molecule has 0 unspecified atom stereocenters. The number of halogens is 2. The average molecular weight is 355 g/mol. The number of rotatable bonds is 0. The van der Waals surface area contributed by atoms with Crippen molar-refractivity contribution in [2.75, 3.05) is 0 Å². The van der Waals surface area contributed by atoms with Gasteiger partial charge in [0.2, 0.25) is 0 Å². The van der Waals surface area contributed by atoms with Gasteiger partial charge in [-0.05, 0) is 41.7 Å². The molecule has 91 valence electrons. The number of aryl methyl sites for hydroxylation is 2. The van der Waals surface area contributed by atoms with Gasteiger partial charge in [0.15, 0.2) is 0 Å². The van der Waals surface area contributed by atoms with Gasteiger partial charge in [-0.25, -0.2) is 0 Å². The summed E-state index contributed by atoms with van der Waals surface area (Å²) in [5.41, 5.74) is 8.21. The fourth-order valence-electron chi connectivity index (χ4n) is 2.38. The van der Waals surface area contributed by atoms with Gasteiger partial charge in [0.1, 0.15) is 0 Å². The first-order valence-electron chi connectivity index (χ1n) is 5.69. The minimum absolute atomic E-state index is 0.826. The van der Waals surface area contributed by atoms with E-state index in [1.165, 1.54) is 33.4 Å². The molecule has 1 aliphatic rings. The van der Waals surface area contributed by atoms with Crippen LogP contribution in [0.25, 0.3) is 11.1 Å². The quantitative estimate of drug-likeness (QED) is 0.516. The zero-order valence-electron chi connectivity index (χ0n) is 10.3. The molecule has 0 atom stereocenters. The topological polar surface area (TPSA) is 0 Å². The molecular weight excluding hydrogens is 342 g/mol. The van der Waals surface area contributed by atoms with Gasteiger partial charge < -0.3 is 0 Å². The Hall–Kier alpha value is -0.0969. The van der Waals surface area contributed by atoms with Gasteiger partial charge in [-0.2, -0.15) is 0 Å². The Kier molecular flexibility index (Phi) is 5.07. The zero-order valence-corrected chi connectivity index (χ0v) is 14.3. The summed E-state index contributed by atoms with van der Waals surface area (Å²) in [5.74, 6) is 0. The van der Waals surface area contributed by atoms with Crippen LogP contribution in [0.2, 0.25) is 0 Å². The molecule has 3 rings (SSSR count). The van der Waals surface area contributed by atoms with Gasteiger partial charge in [-0.15, -0.1) is 0 Å². The Bertz CT molecular complexity index is 564. The van der Waals surface area contributed by atoms with E-state index < -0.39 is 20.8 Å². The maximum atomic E-state index is 4.93. The van der Waals surface area contributed by atoms with Crippen LogP contribution in [-0.4, -0.2) is 0 Å². The Balaban J connectivity index is 0.000000367. The van der Waals surface area contributed by atoms with Gasteiger partial charge in [0.25, 0.3) is 0 Å². The van der Waals surface area contributed by atoms with Crippen LogP contribution in [0, 0.1) is 20.3 Å². The summed E-state index contributed by atoms with van der Waals surface area (Å²) in [4.78, 5) is 0. The van der Waals surface area contributed by atoms with E-state index in [0.717, 1.165) is 0 Å². The fraction of sp³-hybridized carbons (Fsp3) is 0.133. The average Bonchev–Trinajstić information content (AvgIpc) is 2.68. The molecule has 0 nitrogen and oxygen atoms in total. The van der Waals surface area contributed by atoms with Crippen LogP contribution in [-0.2, 0) is 20.8 Å². The second-order valence-electron chi connectivity index (χ2n) is 4.35. The van der Waals surface area contributed by atoms with Crippen molar-refractivity contribution in [3.63, 3.8) is 0 Å². The van der Waals surface area contributed by atoms with E-state index in [9.17, 15) is 0 Å². The van der Waals surface area contributed by atoms with E-state index >= 15 is 0 Å². The van der Waals surface area contributed by atoms with Crippen molar-refractivity contribution in [2.45, 2.75) is 13.8 Å². The minimum atomic E-state index is -0.826. The van der Waals surface area contributed by atoms with Crippen LogP contribution in [0.3, 0.4) is 0 Å². The molecule has 0 aromatic heterocycles. The predicted molar refractivity (Wildman–Crippen MR) is 75.6 cm³/mol. The van der Waals surface area contributed by atoms with E-state index in [1.807, 2.05) is 0 Å². The molecule has 2 aromatic rings. The third kappa shape index (κ3) is 2.90. The Morgan fingerprint density at radius 3 is 2.39 bits per heavy atom. The molecule has 0 spiro atoms. The molecule has 0 amide bonds. The van der Waals surface area contributed by atoms with Crippen LogP contribution < -0.4 is 0 Å². The van der Waals surface area contributed by atoms with Crippen LogP contribution in [0.15, 0.2) is 36.4 Å². The summed E-state index contributed by atoms with van der Waals surface area (Å²) in [7, 11) is 9.87. The SMILES string of the molecule is Cc1ccc2c(c1)[CH]c1cccc(C)c1-2.[Cl][Zr][Cl]. The predicted octanol–water partition coefficient (Wildman–Crippen LogP) is 5.26. The van der Waals surface area contributed by atoms with Gasteiger partial charge in [0.05, 0.1) is 0 Å². The van der Waals surface area contributed by atoms with Crippen molar-refractivity contribution in [1.82, 2.24) is 0 Å². The number of hydrogen-bond donors (Lipinski definition) is 0. The molecule has 0 fully saturated rings. The molecule has 0 saturated heterocycles. The number of benzene rings is 2. The molecule has 18 heavy (non-hydrogen) atoms. The Labute approximate surface area is 127 Å². The van der Waals surface area contributed by atoms with Gasteiger partial charge in [-0.3, -0.25) is 0 Å². The second-order valence-corrected chi connectivity index (χ2v) is 8.08. The molecule has 2 aromatic carbocycles. The van der Waals surface area contributed by atoms with E-state index in [1.54, 1.807) is 0 Å². The first-order valence-corrected chi connectivity index (χ1v) is 12.0. The molecular formula is C15H13Cl2Zr. The van der Waals surface area contributed by atoms with Crippen LogP contribution in [0.4, 0.5) is 0 Å². The molecule has 0 bridgehead atoms. The fourth-order valence-corrected chi connectivity index (χ4v) is 2.38. The maximum absolute atomic E-state index is 4.93. The third-order valence-electron chi connectivity index (χ3n) is 3.09. The molecule has 0 heterocycles. The number of fused-ring (bicyclic) bond motifs is 3. The normalized spacial score (nSPS) is 11.1. The summed E-state index contributed by atoms with van der Waals surface area (Å²) in [6, 6.07) is 13.2. The molecule has 3 heteroatoms. The molecule has 1 radical (unpaired) electrons. The molecule has 0 aliphatic heterocycles. The number of hydrogen-bond acceptors (Lipinski definition) is 0. The molecule has 0 N–H and O–H groups in total. The van der Waals surface area contributed by atoms with E-state index in [0.29, 0.717) is 0 Å².